The second-order valence-corrected chi connectivity index (χ2v) is 6.66. The highest BCUT2D eigenvalue weighted by Gasteiger charge is 2.12. The first kappa shape index (κ1) is 16.6. The quantitative estimate of drug-likeness (QED) is 0.724. The molecule has 0 aliphatic rings. The van der Waals surface area contributed by atoms with Crippen LogP contribution in [0.4, 0.5) is 0 Å². The number of hydrogen-bond donors (Lipinski definition) is 1. The van der Waals surface area contributed by atoms with Gasteiger partial charge in [0.25, 0.3) is 0 Å². The lowest BCUT2D eigenvalue weighted by atomic mass is 10.2. The minimum atomic E-state index is 0.463. The summed E-state index contributed by atoms with van der Waals surface area (Å²) < 4.78 is 7.86. The Morgan fingerprint density at radius 3 is 2.83 bits per heavy atom. The molecule has 0 saturated carbocycles. The fourth-order valence-electron chi connectivity index (χ4n) is 2.42. The molecule has 0 aliphatic heterocycles. The molecule has 1 aromatic carbocycles. The van der Waals surface area contributed by atoms with Crippen molar-refractivity contribution in [3.8, 4) is 17.3 Å². The van der Waals surface area contributed by atoms with E-state index in [1.54, 1.807) is 12.4 Å². The zero-order valence-corrected chi connectivity index (χ0v) is 14.8. The van der Waals surface area contributed by atoms with Crippen LogP contribution in [-0.2, 0) is 6.54 Å². The molecule has 0 saturated heterocycles. The molecule has 0 atom stereocenters. The Morgan fingerprint density at radius 1 is 1.29 bits per heavy atom. The van der Waals surface area contributed by atoms with E-state index in [-0.39, 0.29) is 0 Å². The van der Waals surface area contributed by atoms with E-state index >= 15 is 0 Å². The molecule has 3 rings (SSSR count). The van der Waals surface area contributed by atoms with Crippen LogP contribution < -0.4 is 4.74 Å². The van der Waals surface area contributed by atoms with Crippen LogP contribution >= 0.6 is 11.6 Å². The number of hydrogen-bond acceptors (Lipinski definition) is 3. The maximum atomic E-state index is 6.17. The summed E-state index contributed by atoms with van der Waals surface area (Å²) in [7, 11) is 0. The van der Waals surface area contributed by atoms with Crippen LogP contribution in [0.1, 0.15) is 25.1 Å². The number of nitrogens with zero attached hydrogens (tertiary/aromatic N) is 3. The fourth-order valence-corrected chi connectivity index (χ4v) is 2.62. The van der Waals surface area contributed by atoms with Crippen LogP contribution in [0.5, 0.6) is 5.75 Å². The van der Waals surface area contributed by atoms with E-state index in [9.17, 15) is 0 Å². The molecule has 0 amide bonds. The van der Waals surface area contributed by atoms with Crippen LogP contribution in [0.3, 0.4) is 0 Å². The van der Waals surface area contributed by atoms with Crippen molar-refractivity contribution in [1.29, 1.82) is 0 Å². The number of aromatic amines is 1. The molecule has 6 heteroatoms. The van der Waals surface area contributed by atoms with E-state index in [0.29, 0.717) is 24.1 Å². The van der Waals surface area contributed by atoms with Crippen molar-refractivity contribution in [3.63, 3.8) is 0 Å². The minimum absolute atomic E-state index is 0.463. The van der Waals surface area contributed by atoms with Gasteiger partial charge in [0.15, 0.2) is 5.82 Å². The minimum Gasteiger partial charge on any atom is -0.493 e. The first-order valence-electron chi connectivity index (χ1n) is 7.98. The van der Waals surface area contributed by atoms with Gasteiger partial charge in [0, 0.05) is 28.7 Å². The lowest BCUT2D eigenvalue weighted by Gasteiger charge is -2.14. The molecule has 1 N–H and O–H groups in total. The van der Waals surface area contributed by atoms with E-state index < -0.39 is 0 Å². The average Bonchev–Trinajstić information content (AvgIpc) is 3.17. The summed E-state index contributed by atoms with van der Waals surface area (Å²) in [6, 6.07) is 7.72. The Kier molecular flexibility index (Phi) is 4.90. The topological polar surface area (TPSA) is 55.7 Å². The second-order valence-electron chi connectivity index (χ2n) is 6.22. The van der Waals surface area contributed by atoms with Gasteiger partial charge in [-0.2, -0.15) is 5.10 Å². The number of aromatic nitrogens is 4. The lowest BCUT2D eigenvalue weighted by molar-refractivity contribution is 0.268. The molecule has 0 spiro atoms. The first-order valence-corrected chi connectivity index (χ1v) is 8.36. The van der Waals surface area contributed by atoms with Crippen molar-refractivity contribution >= 4 is 11.6 Å². The highest BCUT2D eigenvalue weighted by atomic mass is 35.5. The highest BCUT2D eigenvalue weighted by Crippen LogP contribution is 2.25. The smallest absolute Gasteiger partial charge is 0.157 e. The third-order valence-electron chi connectivity index (χ3n) is 3.64. The number of imidazole rings is 1. The number of halogens is 1. The van der Waals surface area contributed by atoms with Crippen LogP contribution in [0.2, 0.25) is 5.02 Å². The standard InChI is InChI=1S/C18H21ClN4O/c1-12(2)11-24-17-5-4-15(19)9-14(17)10-23-13(3)8-16(22-23)18-20-6-7-21-18/h4-9,12H,10-11H2,1-3H3,(H,20,21). The van der Waals surface area contributed by atoms with Crippen molar-refractivity contribution in [2.75, 3.05) is 6.61 Å². The lowest BCUT2D eigenvalue weighted by Crippen LogP contribution is -2.09. The zero-order valence-electron chi connectivity index (χ0n) is 14.1. The molecule has 0 bridgehead atoms. The number of benzene rings is 1. The monoisotopic (exact) mass is 344 g/mol. The number of aryl methyl sites for hydroxylation is 1. The van der Waals surface area contributed by atoms with Gasteiger partial charge in [-0.3, -0.25) is 4.68 Å². The van der Waals surface area contributed by atoms with E-state index in [0.717, 1.165) is 28.5 Å². The normalized spacial score (nSPS) is 11.2. The largest absolute Gasteiger partial charge is 0.493 e. The number of rotatable bonds is 6. The first-order chi connectivity index (χ1) is 11.5. The van der Waals surface area contributed by atoms with Gasteiger partial charge in [0.1, 0.15) is 11.4 Å². The second kappa shape index (κ2) is 7.09. The predicted molar refractivity (Wildman–Crippen MR) is 95.4 cm³/mol. The van der Waals surface area contributed by atoms with Crippen LogP contribution in [0.25, 0.3) is 11.5 Å². The van der Waals surface area contributed by atoms with Crippen LogP contribution in [0, 0.1) is 12.8 Å². The van der Waals surface area contributed by atoms with Crippen molar-refractivity contribution in [2.24, 2.45) is 5.92 Å². The number of nitrogens with one attached hydrogen (secondary N) is 1. The fraction of sp³-hybridized carbons (Fsp3) is 0.333. The van der Waals surface area contributed by atoms with Gasteiger partial charge in [-0.1, -0.05) is 25.4 Å². The van der Waals surface area contributed by atoms with Gasteiger partial charge >= 0.3 is 0 Å². The number of ether oxygens (including phenoxy) is 1. The molecule has 126 valence electrons. The molecule has 0 unspecified atom stereocenters. The third kappa shape index (κ3) is 3.79. The third-order valence-corrected chi connectivity index (χ3v) is 3.87. The molecular formula is C18H21ClN4O. The summed E-state index contributed by atoms with van der Waals surface area (Å²) in [5, 5.41) is 5.33. The summed E-state index contributed by atoms with van der Waals surface area (Å²) in [5.74, 6) is 2.08. The molecule has 5 nitrogen and oxygen atoms in total. The molecule has 0 aliphatic carbocycles. The Bertz CT molecular complexity index is 809. The van der Waals surface area contributed by atoms with E-state index in [4.69, 9.17) is 16.3 Å². The van der Waals surface area contributed by atoms with Gasteiger partial charge in [0.2, 0.25) is 0 Å². The van der Waals surface area contributed by atoms with Gasteiger partial charge in [-0.25, -0.2) is 4.98 Å². The predicted octanol–water partition coefficient (Wildman–Crippen LogP) is 4.32. The molecule has 3 aromatic rings. The number of H-pyrrole nitrogens is 1. The van der Waals surface area contributed by atoms with E-state index in [1.807, 2.05) is 35.9 Å². The Morgan fingerprint density at radius 2 is 2.12 bits per heavy atom. The summed E-state index contributed by atoms with van der Waals surface area (Å²) in [5.41, 5.74) is 2.89. The summed E-state index contributed by atoms with van der Waals surface area (Å²) in [4.78, 5) is 7.33. The van der Waals surface area contributed by atoms with Crippen molar-refractivity contribution in [2.45, 2.75) is 27.3 Å². The van der Waals surface area contributed by atoms with Crippen molar-refractivity contribution in [1.82, 2.24) is 19.7 Å². The molecule has 2 heterocycles. The van der Waals surface area contributed by atoms with Gasteiger partial charge in [0.05, 0.1) is 13.2 Å². The molecule has 24 heavy (non-hydrogen) atoms. The van der Waals surface area contributed by atoms with Crippen molar-refractivity contribution < 1.29 is 4.74 Å². The average molecular weight is 345 g/mol. The van der Waals surface area contributed by atoms with Crippen LogP contribution in [0.15, 0.2) is 36.7 Å². The highest BCUT2D eigenvalue weighted by molar-refractivity contribution is 6.30. The maximum absolute atomic E-state index is 6.17. The molecule has 0 fully saturated rings. The van der Waals surface area contributed by atoms with Crippen LogP contribution in [-0.4, -0.2) is 26.4 Å². The summed E-state index contributed by atoms with van der Waals surface area (Å²) >= 11 is 6.17. The van der Waals surface area contributed by atoms with Gasteiger partial charge in [-0.05, 0) is 37.1 Å². The summed E-state index contributed by atoms with van der Waals surface area (Å²) in [6.07, 6.45) is 3.51. The Hall–Kier alpha value is -2.27. The maximum Gasteiger partial charge on any atom is 0.157 e. The van der Waals surface area contributed by atoms with Gasteiger partial charge in [-0.15, -0.1) is 0 Å². The Balaban J connectivity index is 1.86. The Labute approximate surface area is 146 Å². The molecular weight excluding hydrogens is 324 g/mol. The van der Waals surface area contributed by atoms with Gasteiger partial charge < -0.3 is 9.72 Å². The van der Waals surface area contributed by atoms with E-state index in [1.165, 1.54) is 0 Å². The van der Waals surface area contributed by atoms with Crippen molar-refractivity contribution in [3.05, 3.63) is 52.9 Å². The molecule has 0 radical (unpaired) electrons. The zero-order chi connectivity index (χ0) is 17.1. The van der Waals surface area contributed by atoms with E-state index in [2.05, 4.69) is 28.9 Å². The molecule has 2 aromatic heterocycles. The SMILES string of the molecule is Cc1cc(-c2ncc[nH]2)nn1Cc1cc(Cl)ccc1OCC(C)C. The summed E-state index contributed by atoms with van der Waals surface area (Å²) in [6.45, 7) is 7.55.